The van der Waals surface area contributed by atoms with Crippen molar-refractivity contribution >= 4 is 64.1 Å². The summed E-state index contributed by atoms with van der Waals surface area (Å²) in [5.41, 5.74) is 1.50. The van der Waals surface area contributed by atoms with Crippen LogP contribution in [0.25, 0.3) is 0 Å². The van der Waals surface area contributed by atoms with E-state index in [0.29, 0.717) is 28.9 Å². The average Bonchev–Trinajstić information content (AvgIpc) is 3.53. The molecule has 0 saturated carbocycles. The lowest BCUT2D eigenvalue weighted by Gasteiger charge is -2.30. The number of esters is 1. The first-order chi connectivity index (χ1) is 20.3. The van der Waals surface area contributed by atoms with Crippen molar-refractivity contribution in [1.82, 2.24) is 4.90 Å². The first kappa shape index (κ1) is 29.2. The lowest BCUT2D eigenvalue weighted by atomic mass is 10.1. The van der Waals surface area contributed by atoms with Crippen LogP contribution in [0.3, 0.4) is 0 Å². The van der Waals surface area contributed by atoms with Crippen molar-refractivity contribution < 1.29 is 38.2 Å². The van der Waals surface area contributed by atoms with E-state index in [-0.39, 0.29) is 48.2 Å². The molecule has 4 amide bonds. The summed E-state index contributed by atoms with van der Waals surface area (Å²) in [5.74, 6) is -1.97. The smallest absolute Gasteiger partial charge is 0.414 e. The minimum atomic E-state index is -1.13. The van der Waals surface area contributed by atoms with Crippen LogP contribution in [-0.4, -0.2) is 80.2 Å². The standard InChI is InChI=1S/C29H26ClN3O8S/c1-2-40-29(38)32(19-9-7-18(8-10-19)31-13-14-39-17-25(31)34)15-20(41-28(37)23-11-12-24(30)42-23)16-33-26(35)21-5-3-4-6-22(21)27(33)36/h3-12,20H,2,13-17H2,1H3/t20-/m1/s1. The number of hydrogen-bond acceptors (Lipinski definition) is 9. The van der Waals surface area contributed by atoms with Gasteiger partial charge in [-0.25, -0.2) is 9.59 Å². The van der Waals surface area contributed by atoms with Crippen molar-refractivity contribution in [3.8, 4) is 0 Å². The molecule has 1 atom stereocenters. The highest BCUT2D eigenvalue weighted by Crippen LogP contribution is 2.27. The number of amides is 4. The van der Waals surface area contributed by atoms with Crippen LogP contribution in [0.5, 0.6) is 0 Å². The molecule has 218 valence electrons. The van der Waals surface area contributed by atoms with Gasteiger partial charge in [0.2, 0.25) is 0 Å². The molecule has 2 aliphatic heterocycles. The summed E-state index contributed by atoms with van der Waals surface area (Å²) in [6, 6.07) is 16.1. The average molecular weight is 612 g/mol. The third-order valence-corrected chi connectivity index (χ3v) is 7.86. The molecule has 13 heteroatoms. The van der Waals surface area contributed by atoms with Crippen LogP contribution >= 0.6 is 22.9 Å². The molecular weight excluding hydrogens is 586 g/mol. The maximum Gasteiger partial charge on any atom is 0.414 e. The molecule has 0 radical (unpaired) electrons. The Morgan fingerprint density at radius 1 is 1.02 bits per heavy atom. The number of benzene rings is 2. The van der Waals surface area contributed by atoms with Gasteiger partial charge in [0.05, 0.1) is 41.8 Å². The number of morpholine rings is 1. The fourth-order valence-electron chi connectivity index (χ4n) is 4.67. The van der Waals surface area contributed by atoms with Gasteiger partial charge in [-0.1, -0.05) is 23.7 Å². The van der Waals surface area contributed by atoms with Crippen LogP contribution in [0.2, 0.25) is 4.34 Å². The lowest BCUT2D eigenvalue weighted by Crippen LogP contribution is -2.46. The van der Waals surface area contributed by atoms with E-state index in [9.17, 15) is 24.0 Å². The number of ether oxygens (including phenoxy) is 3. The normalized spacial score (nSPS) is 15.4. The van der Waals surface area contributed by atoms with Crippen molar-refractivity contribution in [2.75, 3.05) is 49.3 Å². The molecule has 0 spiro atoms. The molecule has 1 fully saturated rings. The molecule has 0 aliphatic carbocycles. The molecule has 3 aromatic rings. The Bertz CT molecular complexity index is 1490. The summed E-state index contributed by atoms with van der Waals surface area (Å²) < 4.78 is 16.6. The summed E-state index contributed by atoms with van der Waals surface area (Å²) in [5, 5.41) is 0. The zero-order valence-electron chi connectivity index (χ0n) is 22.5. The summed E-state index contributed by atoms with van der Waals surface area (Å²) in [6.45, 7) is 1.96. The minimum absolute atomic E-state index is 0.0169. The zero-order valence-corrected chi connectivity index (χ0v) is 24.1. The summed E-state index contributed by atoms with van der Waals surface area (Å²) in [7, 11) is 0. The molecule has 5 rings (SSSR count). The van der Waals surface area contributed by atoms with Gasteiger partial charge >= 0.3 is 12.1 Å². The number of carbonyl (C=O) groups excluding carboxylic acids is 5. The Morgan fingerprint density at radius 3 is 2.31 bits per heavy atom. The van der Waals surface area contributed by atoms with Gasteiger partial charge in [0.1, 0.15) is 17.6 Å². The lowest BCUT2D eigenvalue weighted by molar-refractivity contribution is -0.125. The van der Waals surface area contributed by atoms with Crippen LogP contribution in [0.15, 0.2) is 60.7 Å². The van der Waals surface area contributed by atoms with E-state index in [2.05, 4.69) is 0 Å². The van der Waals surface area contributed by atoms with Crippen LogP contribution in [-0.2, 0) is 19.0 Å². The summed E-state index contributed by atoms with van der Waals surface area (Å²) in [6.07, 6.45) is -1.86. The predicted octanol–water partition coefficient (Wildman–Crippen LogP) is 4.25. The molecule has 42 heavy (non-hydrogen) atoms. The Kier molecular flexibility index (Phi) is 8.86. The highest BCUT2D eigenvalue weighted by Gasteiger charge is 2.38. The fourth-order valence-corrected chi connectivity index (χ4v) is 5.59. The second kappa shape index (κ2) is 12.7. The Hall–Kier alpha value is -4.26. The number of hydrogen-bond donors (Lipinski definition) is 0. The SMILES string of the molecule is CCOC(=O)N(C[C@H](CN1C(=O)c2ccccc2C1=O)OC(=O)c1ccc(Cl)s1)c1ccc(N2CCOCC2=O)cc1. The molecule has 0 N–H and O–H groups in total. The summed E-state index contributed by atoms with van der Waals surface area (Å²) >= 11 is 7.01. The van der Waals surface area contributed by atoms with Crippen molar-refractivity contribution in [3.63, 3.8) is 0 Å². The quantitative estimate of drug-likeness (QED) is 0.260. The molecule has 3 heterocycles. The minimum Gasteiger partial charge on any atom is -0.454 e. The van der Waals surface area contributed by atoms with Gasteiger partial charge in [0.15, 0.2) is 0 Å². The largest absolute Gasteiger partial charge is 0.454 e. The van der Waals surface area contributed by atoms with Crippen LogP contribution in [0.4, 0.5) is 16.2 Å². The molecule has 1 saturated heterocycles. The van der Waals surface area contributed by atoms with E-state index in [1.54, 1.807) is 66.4 Å². The van der Waals surface area contributed by atoms with E-state index in [1.165, 1.54) is 11.0 Å². The molecule has 2 aliphatic rings. The number of rotatable bonds is 9. The third kappa shape index (κ3) is 6.15. The van der Waals surface area contributed by atoms with Crippen molar-refractivity contribution in [2.45, 2.75) is 13.0 Å². The molecule has 1 aromatic heterocycles. The number of halogens is 1. The van der Waals surface area contributed by atoms with Crippen LogP contribution in [0, 0.1) is 0 Å². The molecule has 0 unspecified atom stereocenters. The van der Waals surface area contributed by atoms with Gasteiger partial charge in [-0.05, 0) is 55.5 Å². The topological polar surface area (TPSA) is 123 Å². The number of carbonyl (C=O) groups is 5. The molecule has 2 aromatic carbocycles. The highest BCUT2D eigenvalue weighted by atomic mass is 35.5. The Balaban J connectivity index is 1.43. The van der Waals surface area contributed by atoms with E-state index >= 15 is 0 Å². The van der Waals surface area contributed by atoms with Crippen molar-refractivity contribution in [3.05, 3.63) is 81.0 Å². The van der Waals surface area contributed by atoms with E-state index in [1.807, 2.05) is 0 Å². The van der Waals surface area contributed by atoms with Gasteiger partial charge in [-0.3, -0.25) is 24.2 Å². The second-order valence-electron chi connectivity index (χ2n) is 9.32. The number of imide groups is 1. The van der Waals surface area contributed by atoms with E-state index in [0.717, 1.165) is 16.2 Å². The monoisotopic (exact) mass is 611 g/mol. The maximum absolute atomic E-state index is 13.1. The molecular formula is C29H26ClN3O8S. The predicted molar refractivity (Wildman–Crippen MR) is 154 cm³/mol. The van der Waals surface area contributed by atoms with Crippen molar-refractivity contribution in [1.29, 1.82) is 0 Å². The highest BCUT2D eigenvalue weighted by molar-refractivity contribution is 7.17. The summed E-state index contributed by atoms with van der Waals surface area (Å²) in [4.78, 5) is 68.7. The number of thiophene rings is 1. The first-order valence-electron chi connectivity index (χ1n) is 13.1. The molecule has 0 bridgehead atoms. The van der Waals surface area contributed by atoms with Gasteiger partial charge in [-0.15, -0.1) is 11.3 Å². The van der Waals surface area contributed by atoms with Gasteiger partial charge in [0, 0.05) is 17.9 Å². The fraction of sp³-hybridized carbons (Fsp3) is 0.276. The Labute approximate surface area is 250 Å². The number of anilines is 2. The first-order valence-corrected chi connectivity index (χ1v) is 14.3. The third-order valence-electron chi connectivity index (χ3n) is 6.65. The molecule has 11 nitrogen and oxygen atoms in total. The van der Waals surface area contributed by atoms with Gasteiger partial charge in [0.25, 0.3) is 17.7 Å². The number of fused-ring (bicyclic) bond motifs is 1. The maximum atomic E-state index is 13.1. The van der Waals surface area contributed by atoms with Crippen LogP contribution < -0.4 is 9.80 Å². The number of nitrogens with zero attached hydrogens (tertiary/aromatic N) is 3. The van der Waals surface area contributed by atoms with Crippen molar-refractivity contribution in [2.24, 2.45) is 0 Å². The van der Waals surface area contributed by atoms with Gasteiger partial charge in [-0.2, -0.15) is 0 Å². The zero-order chi connectivity index (χ0) is 29.8. The van der Waals surface area contributed by atoms with Gasteiger partial charge < -0.3 is 19.1 Å². The van der Waals surface area contributed by atoms with Crippen LogP contribution in [0.1, 0.15) is 37.3 Å². The Morgan fingerprint density at radius 2 is 1.71 bits per heavy atom. The second-order valence-corrected chi connectivity index (χ2v) is 11.0. The van der Waals surface area contributed by atoms with E-state index in [4.69, 9.17) is 25.8 Å². The van der Waals surface area contributed by atoms with E-state index < -0.39 is 30.0 Å².